The van der Waals surface area contributed by atoms with Crippen molar-refractivity contribution < 1.29 is 4.79 Å². The molecule has 0 bridgehead atoms. The molecule has 1 atom stereocenters. The van der Waals surface area contributed by atoms with Gasteiger partial charge in [0.2, 0.25) is 5.91 Å². The number of nitrogens with one attached hydrogen (secondary N) is 1. The maximum absolute atomic E-state index is 12.2. The van der Waals surface area contributed by atoms with E-state index in [2.05, 4.69) is 39.9 Å². The van der Waals surface area contributed by atoms with Gasteiger partial charge in [-0.1, -0.05) is 13.8 Å². The average Bonchev–Trinajstić information content (AvgIpc) is 2.09. The Kier molecular flexibility index (Phi) is 5.29. The van der Waals surface area contributed by atoms with Gasteiger partial charge < -0.3 is 10.2 Å². The summed E-state index contributed by atoms with van der Waals surface area (Å²) in [6.45, 7) is 11.1. The van der Waals surface area contributed by atoms with Crippen molar-refractivity contribution in [3.63, 3.8) is 0 Å². The first-order valence-corrected chi connectivity index (χ1v) is 5.64. The van der Waals surface area contributed by atoms with Crippen LogP contribution in [-0.4, -0.2) is 37.0 Å². The summed E-state index contributed by atoms with van der Waals surface area (Å²) in [7, 11) is 3.77. The highest BCUT2D eigenvalue weighted by Crippen LogP contribution is 2.18. The smallest absolute Gasteiger partial charge is 0.227 e. The Bertz CT molecular complexity index is 206. The van der Waals surface area contributed by atoms with Gasteiger partial charge in [-0.15, -0.1) is 0 Å². The van der Waals surface area contributed by atoms with Gasteiger partial charge in [-0.05, 0) is 33.7 Å². The summed E-state index contributed by atoms with van der Waals surface area (Å²) >= 11 is 0. The molecule has 0 saturated carbocycles. The molecular weight excluding hydrogens is 188 g/mol. The number of hydrogen-bond acceptors (Lipinski definition) is 2. The van der Waals surface area contributed by atoms with Crippen molar-refractivity contribution in [3.8, 4) is 0 Å². The fourth-order valence-electron chi connectivity index (χ4n) is 1.41. The van der Waals surface area contributed by atoms with E-state index in [-0.39, 0.29) is 17.4 Å². The number of hydrogen-bond donors (Lipinski definition) is 1. The van der Waals surface area contributed by atoms with Gasteiger partial charge in [0.15, 0.2) is 0 Å². The van der Waals surface area contributed by atoms with Crippen molar-refractivity contribution in [3.05, 3.63) is 0 Å². The van der Waals surface area contributed by atoms with Crippen LogP contribution in [0.15, 0.2) is 0 Å². The Morgan fingerprint density at radius 2 is 1.80 bits per heavy atom. The average molecular weight is 214 g/mol. The lowest BCUT2D eigenvalue weighted by molar-refractivity contribution is -0.139. The number of rotatable bonds is 4. The van der Waals surface area contributed by atoms with Crippen LogP contribution in [0.25, 0.3) is 0 Å². The van der Waals surface area contributed by atoms with E-state index in [1.54, 1.807) is 0 Å². The molecule has 0 spiro atoms. The lowest BCUT2D eigenvalue weighted by atomic mass is 9.92. The van der Waals surface area contributed by atoms with E-state index >= 15 is 0 Å². The molecule has 1 unspecified atom stereocenters. The molecule has 90 valence electrons. The zero-order valence-electron chi connectivity index (χ0n) is 11.2. The zero-order chi connectivity index (χ0) is 12.2. The lowest BCUT2D eigenvalue weighted by Gasteiger charge is -2.36. The Balaban J connectivity index is 4.64. The van der Waals surface area contributed by atoms with Gasteiger partial charge in [0.1, 0.15) is 0 Å². The van der Waals surface area contributed by atoms with E-state index in [0.717, 1.165) is 6.54 Å². The monoisotopic (exact) mass is 214 g/mol. The topological polar surface area (TPSA) is 32.3 Å². The molecule has 0 aromatic rings. The summed E-state index contributed by atoms with van der Waals surface area (Å²) in [4.78, 5) is 14.0. The van der Waals surface area contributed by atoms with Crippen LogP contribution in [0, 0.1) is 11.8 Å². The molecular formula is C12H26N2O. The third-order valence-electron chi connectivity index (χ3n) is 2.88. The van der Waals surface area contributed by atoms with Gasteiger partial charge in [0.05, 0.1) is 5.92 Å². The first kappa shape index (κ1) is 14.4. The summed E-state index contributed by atoms with van der Waals surface area (Å²) in [5.41, 5.74) is -0.0992. The molecule has 0 aromatic carbocycles. The molecule has 3 heteroatoms. The van der Waals surface area contributed by atoms with Crippen LogP contribution in [0.1, 0.15) is 34.6 Å². The van der Waals surface area contributed by atoms with Crippen LogP contribution in [0.5, 0.6) is 0 Å². The Morgan fingerprint density at radius 1 is 1.33 bits per heavy atom. The van der Waals surface area contributed by atoms with Crippen molar-refractivity contribution in [1.29, 1.82) is 0 Å². The maximum Gasteiger partial charge on any atom is 0.227 e. The first-order valence-electron chi connectivity index (χ1n) is 5.64. The van der Waals surface area contributed by atoms with Gasteiger partial charge in [-0.25, -0.2) is 0 Å². The molecule has 0 aliphatic rings. The van der Waals surface area contributed by atoms with Crippen molar-refractivity contribution in [2.24, 2.45) is 11.8 Å². The number of amides is 1. The molecule has 0 aliphatic heterocycles. The number of nitrogens with zero attached hydrogens (tertiary/aromatic N) is 1. The fraction of sp³-hybridized carbons (Fsp3) is 0.917. The highest BCUT2D eigenvalue weighted by atomic mass is 16.2. The highest BCUT2D eigenvalue weighted by molar-refractivity contribution is 5.79. The van der Waals surface area contributed by atoms with Gasteiger partial charge >= 0.3 is 0 Å². The fourth-order valence-corrected chi connectivity index (χ4v) is 1.41. The maximum atomic E-state index is 12.2. The summed E-state index contributed by atoms with van der Waals surface area (Å²) in [5, 5.41) is 3.09. The van der Waals surface area contributed by atoms with Gasteiger partial charge in [-0.2, -0.15) is 0 Å². The molecule has 3 nitrogen and oxygen atoms in total. The van der Waals surface area contributed by atoms with E-state index < -0.39 is 0 Å². The van der Waals surface area contributed by atoms with Crippen molar-refractivity contribution >= 4 is 5.91 Å². The summed E-state index contributed by atoms with van der Waals surface area (Å²) in [5.74, 6) is 0.667. The minimum atomic E-state index is -0.0992. The van der Waals surface area contributed by atoms with E-state index in [9.17, 15) is 4.79 Å². The first-order chi connectivity index (χ1) is 6.71. The lowest BCUT2D eigenvalue weighted by Crippen LogP contribution is -2.48. The number of carbonyl (C=O) groups is 1. The molecule has 0 aliphatic carbocycles. The van der Waals surface area contributed by atoms with E-state index in [1.807, 2.05) is 19.0 Å². The second-order valence-corrected chi connectivity index (χ2v) is 5.48. The van der Waals surface area contributed by atoms with Gasteiger partial charge in [0, 0.05) is 19.1 Å². The predicted octanol–water partition coefficient (Wildman–Crippen LogP) is 1.73. The molecule has 0 radical (unpaired) electrons. The van der Waals surface area contributed by atoms with Crippen LogP contribution >= 0.6 is 0 Å². The minimum absolute atomic E-state index is 0.0687. The van der Waals surface area contributed by atoms with E-state index in [1.165, 1.54) is 0 Å². The standard InChI is InChI=1S/C12H26N2O/c1-9(2)10(8-13-6)11(15)14(7)12(3,4)5/h9-10,13H,8H2,1-7H3. The summed E-state index contributed by atoms with van der Waals surface area (Å²) < 4.78 is 0. The van der Waals surface area contributed by atoms with E-state index in [4.69, 9.17) is 0 Å². The van der Waals surface area contributed by atoms with Gasteiger partial charge in [-0.3, -0.25) is 4.79 Å². The van der Waals surface area contributed by atoms with Gasteiger partial charge in [0.25, 0.3) is 0 Å². The summed E-state index contributed by atoms with van der Waals surface area (Å²) in [6, 6.07) is 0. The molecule has 0 rings (SSSR count). The predicted molar refractivity (Wildman–Crippen MR) is 64.8 cm³/mol. The SMILES string of the molecule is CNCC(C(=O)N(C)C(C)(C)C)C(C)C. The van der Waals surface area contributed by atoms with Crippen molar-refractivity contribution in [2.75, 3.05) is 20.6 Å². The molecule has 0 fully saturated rings. The minimum Gasteiger partial charge on any atom is -0.341 e. The number of carbonyl (C=O) groups excluding carboxylic acids is 1. The molecule has 0 heterocycles. The molecule has 15 heavy (non-hydrogen) atoms. The van der Waals surface area contributed by atoms with Crippen molar-refractivity contribution in [2.45, 2.75) is 40.2 Å². The second kappa shape index (κ2) is 5.50. The second-order valence-electron chi connectivity index (χ2n) is 5.48. The Hall–Kier alpha value is -0.570. The van der Waals surface area contributed by atoms with Crippen LogP contribution in [0.3, 0.4) is 0 Å². The Morgan fingerprint density at radius 3 is 2.07 bits per heavy atom. The quantitative estimate of drug-likeness (QED) is 0.773. The van der Waals surface area contributed by atoms with Crippen LogP contribution in [-0.2, 0) is 4.79 Å². The highest BCUT2D eigenvalue weighted by Gasteiger charge is 2.29. The third-order valence-corrected chi connectivity index (χ3v) is 2.88. The van der Waals surface area contributed by atoms with Crippen molar-refractivity contribution in [1.82, 2.24) is 10.2 Å². The molecule has 1 amide bonds. The van der Waals surface area contributed by atoms with Crippen LogP contribution < -0.4 is 5.32 Å². The van der Waals surface area contributed by atoms with Crippen LogP contribution in [0.2, 0.25) is 0 Å². The molecule has 1 N–H and O–H groups in total. The third kappa shape index (κ3) is 4.20. The largest absolute Gasteiger partial charge is 0.341 e. The Labute approximate surface area is 94.2 Å². The van der Waals surface area contributed by atoms with E-state index in [0.29, 0.717) is 5.92 Å². The molecule has 0 aromatic heterocycles. The zero-order valence-corrected chi connectivity index (χ0v) is 11.2. The summed E-state index contributed by atoms with van der Waals surface area (Å²) in [6.07, 6.45) is 0. The molecule has 0 saturated heterocycles. The van der Waals surface area contributed by atoms with Crippen LogP contribution in [0.4, 0.5) is 0 Å². The normalized spacial score (nSPS) is 14.1.